The van der Waals surface area contributed by atoms with Gasteiger partial charge in [-0.05, 0) is 49.2 Å². The average molecular weight is 536 g/mol. The summed E-state index contributed by atoms with van der Waals surface area (Å²) in [6, 6.07) is 13.0. The Morgan fingerprint density at radius 1 is 0.950 bits per heavy atom. The Bertz CT molecular complexity index is 1910. The van der Waals surface area contributed by atoms with Gasteiger partial charge in [0.15, 0.2) is 5.82 Å². The Hall–Kier alpha value is -4.99. The van der Waals surface area contributed by atoms with Gasteiger partial charge in [0.25, 0.3) is 0 Å². The second kappa shape index (κ2) is 9.64. The molecule has 4 heterocycles. The van der Waals surface area contributed by atoms with Gasteiger partial charge in [0.2, 0.25) is 5.91 Å². The first-order chi connectivity index (χ1) is 19.5. The molecule has 1 saturated carbocycles. The molecule has 0 bridgehead atoms. The molecule has 8 nitrogen and oxygen atoms in total. The van der Waals surface area contributed by atoms with Gasteiger partial charge in [0, 0.05) is 35.0 Å². The van der Waals surface area contributed by atoms with Gasteiger partial charge in [0.05, 0.1) is 34.0 Å². The van der Waals surface area contributed by atoms with Crippen molar-refractivity contribution in [3.05, 3.63) is 78.8 Å². The predicted octanol–water partition coefficient (Wildman–Crippen LogP) is 6.64. The number of hydrogen-bond donors (Lipinski definition) is 3. The van der Waals surface area contributed by atoms with E-state index in [1.54, 1.807) is 55.0 Å². The summed E-state index contributed by atoms with van der Waals surface area (Å²) in [5, 5.41) is 10.4. The maximum Gasteiger partial charge on any atom is 0.227 e. The smallest absolute Gasteiger partial charge is 0.227 e. The number of rotatable bonds is 5. The molecule has 2 aromatic carbocycles. The zero-order valence-corrected chi connectivity index (χ0v) is 21.2. The van der Waals surface area contributed by atoms with Crippen LogP contribution in [0.15, 0.2) is 67.1 Å². The molecule has 6 aromatic rings. The van der Waals surface area contributed by atoms with Crippen molar-refractivity contribution in [2.45, 2.75) is 25.7 Å². The molecule has 1 fully saturated rings. The van der Waals surface area contributed by atoms with Crippen molar-refractivity contribution in [1.29, 1.82) is 0 Å². The number of halogens is 2. The van der Waals surface area contributed by atoms with Gasteiger partial charge in [-0.25, -0.2) is 13.8 Å². The fourth-order valence-corrected chi connectivity index (χ4v) is 5.45. The van der Waals surface area contributed by atoms with Gasteiger partial charge in [-0.15, -0.1) is 0 Å². The third-order valence-corrected chi connectivity index (χ3v) is 7.43. The van der Waals surface area contributed by atoms with E-state index in [1.165, 1.54) is 12.1 Å². The minimum Gasteiger partial charge on any atom is -0.336 e. The van der Waals surface area contributed by atoms with Crippen LogP contribution in [0.2, 0.25) is 0 Å². The highest BCUT2D eigenvalue weighted by molar-refractivity contribution is 5.98. The molecule has 0 aliphatic heterocycles. The maximum absolute atomic E-state index is 16.1. The number of pyridine rings is 2. The van der Waals surface area contributed by atoms with Crippen LogP contribution >= 0.6 is 0 Å². The number of nitrogens with one attached hydrogen (secondary N) is 3. The number of benzene rings is 2. The molecule has 0 atom stereocenters. The lowest BCUT2D eigenvalue weighted by Crippen LogP contribution is -2.20. The van der Waals surface area contributed by atoms with Crippen molar-refractivity contribution in [2.24, 2.45) is 5.92 Å². The molecule has 0 spiro atoms. The van der Waals surface area contributed by atoms with Crippen LogP contribution in [0.25, 0.3) is 55.8 Å². The monoisotopic (exact) mass is 535 g/mol. The van der Waals surface area contributed by atoms with Crippen molar-refractivity contribution >= 4 is 33.5 Å². The van der Waals surface area contributed by atoms with Crippen LogP contribution in [0.3, 0.4) is 0 Å². The predicted molar refractivity (Wildman–Crippen MR) is 148 cm³/mol. The molecule has 4 aromatic heterocycles. The number of imidazole rings is 1. The maximum atomic E-state index is 16.1. The number of aromatic amines is 2. The molecule has 3 N–H and O–H groups in total. The number of nitrogens with zero attached hydrogens (tertiary/aromatic N) is 4. The second-order valence-corrected chi connectivity index (χ2v) is 10.0. The van der Waals surface area contributed by atoms with Crippen LogP contribution < -0.4 is 5.32 Å². The van der Waals surface area contributed by atoms with Crippen molar-refractivity contribution in [1.82, 2.24) is 30.1 Å². The number of carbonyl (C=O) groups excluding carboxylic acids is 1. The lowest BCUT2D eigenvalue weighted by atomic mass is 10.0. The van der Waals surface area contributed by atoms with Gasteiger partial charge >= 0.3 is 0 Å². The van der Waals surface area contributed by atoms with Crippen molar-refractivity contribution < 1.29 is 13.6 Å². The second-order valence-electron chi connectivity index (χ2n) is 10.0. The number of hydrogen-bond acceptors (Lipinski definition) is 5. The minimum atomic E-state index is -0.494. The third kappa shape index (κ3) is 4.17. The zero-order valence-electron chi connectivity index (χ0n) is 21.2. The number of carbonyl (C=O) groups is 1. The van der Waals surface area contributed by atoms with E-state index in [0.717, 1.165) is 25.7 Å². The Kier molecular flexibility index (Phi) is 5.80. The first-order valence-electron chi connectivity index (χ1n) is 13.1. The fraction of sp³-hybridized carbons (Fsp3) is 0.167. The fourth-order valence-electron chi connectivity index (χ4n) is 5.45. The summed E-state index contributed by atoms with van der Waals surface area (Å²) in [6.45, 7) is 0. The lowest BCUT2D eigenvalue weighted by Gasteiger charge is -2.11. The molecular weight excluding hydrogens is 512 g/mol. The Morgan fingerprint density at radius 3 is 2.67 bits per heavy atom. The topological polar surface area (TPSA) is 112 Å². The Balaban J connectivity index is 1.28. The van der Waals surface area contributed by atoms with Crippen LogP contribution in [-0.2, 0) is 4.79 Å². The zero-order chi connectivity index (χ0) is 27.2. The highest BCUT2D eigenvalue weighted by Gasteiger charge is 2.24. The van der Waals surface area contributed by atoms with E-state index in [9.17, 15) is 9.18 Å². The molecule has 40 heavy (non-hydrogen) atoms. The standard InChI is InChI=1S/C30H23F2N7O/c31-19-7-3-6-17(12-19)26-27-23(10-11-34-26)36-29(37-27)28-24-22(38-39-28)9-8-21(25(24)32)18-13-20(15-33-14-18)35-30(40)16-4-1-2-5-16/h3,6-16H,1-2,4-5H2,(H,35,40)(H,36,37)(H,38,39). The first kappa shape index (κ1) is 24.1. The summed E-state index contributed by atoms with van der Waals surface area (Å²) in [4.78, 5) is 29.2. The molecular formula is C30H23F2N7O. The van der Waals surface area contributed by atoms with Gasteiger partial charge in [-0.2, -0.15) is 5.10 Å². The van der Waals surface area contributed by atoms with E-state index in [4.69, 9.17) is 0 Å². The number of amides is 1. The highest BCUT2D eigenvalue weighted by Crippen LogP contribution is 2.35. The number of H-pyrrole nitrogens is 2. The first-order valence-corrected chi connectivity index (χ1v) is 13.1. The summed E-state index contributed by atoms with van der Waals surface area (Å²) >= 11 is 0. The van der Waals surface area contributed by atoms with Crippen molar-refractivity contribution in [2.75, 3.05) is 5.32 Å². The molecule has 10 heteroatoms. The van der Waals surface area contributed by atoms with E-state index in [0.29, 0.717) is 56.1 Å². The van der Waals surface area contributed by atoms with Crippen molar-refractivity contribution in [3.8, 4) is 33.9 Å². The summed E-state index contributed by atoms with van der Waals surface area (Å²) in [5.74, 6) is -0.548. The molecule has 1 amide bonds. The van der Waals surface area contributed by atoms with E-state index in [1.807, 2.05) is 0 Å². The molecule has 0 unspecified atom stereocenters. The van der Waals surface area contributed by atoms with Crippen LogP contribution in [0, 0.1) is 17.6 Å². The minimum absolute atomic E-state index is 0.00525. The van der Waals surface area contributed by atoms with Gasteiger partial charge < -0.3 is 10.3 Å². The summed E-state index contributed by atoms with van der Waals surface area (Å²) < 4.78 is 30.0. The van der Waals surface area contributed by atoms with E-state index in [-0.39, 0.29) is 23.0 Å². The van der Waals surface area contributed by atoms with E-state index in [2.05, 4.69) is 35.5 Å². The Morgan fingerprint density at radius 2 is 1.82 bits per heavy atom. The number of aromatic nitrogens is 6. The summed E-state index contributed by atoms with van der Waals surface area (Å²) in [7, 11) is 0. The SMILES string of the molecule is O=C(Nc1cncc(-c2ccc3[nH]nc(-c4nc5c(-c6cccc(F)c6)nccc5[nH]4)c3c2F)c1)C1CCCC1. The van der Waals surface area contributed by atoms with E-state index >= 15 is 4.39 Å². The molecule has 0 saturated heterocycles. The van der Waals surface area contributed by atoms with Crippen LogP contribution in [0.1, 0.15) is 25.7 Å². The normalized spacial score (nSPS) is 13.8. The molecule has 1 aliphatic carbocycles. The van der Waals surface area contributed by atoms with Crippen LogP contribution in [0.5, 0.6) is 0 Å². The average Bonchev–Trinajstić information content (AvgIpc) is 3.73. The quantitative estimate of drug-likeness (QED) is 0.229. The van der Waals surface area contributed by atoms with Gasteiger partial charge in [-0.3, -0.25) is 19.9 Å². The number of anilines is 1. The third-order valence-electron chi connectivity index (χ3n) is 7.43. The summed E-state index contributed by atoms with van der Waals surface area (Å²) in [5.41, 5.74) is 4.43. The van der Waals surface area contributed by atoms with Crippen molar-refractivity contribution in [3.63, 3.8) is 0 Å². The van der Waals surface area contributed by atoms with Gasteiger partial charge in [0.1, 0.15) is 22.8 Å². The Labute approximate surface area is 226 Å². The van der Waals surface area contributed by atoms with E-state index < -0.39 is 5.82 Å². The largest absolute Gasteiger partial charge is 0.336 e. The highest BCUT2D eigenvalue weighted by atomic mass is 19.1. The number of fused-ring (bicyclic) bond motifs is 2. The van der Waals surface area contributed by atoms with Gasteiger partial charge in [-0.1, -0.05) is 25.0 Å². The lowest BCUT2D eigenvalue weighted by molar-refractivity contribution is -0.119. The van der Waals surface area contributed by atoms with Crippen LogP contribution in [-0.4, -0.2) is 36.0 Å². The molecule has 198 valence electrons. The molecule has 0 radical (unpaired) electrons. The molecule has 7 rings (SSSR count). The molecule has 1 aliphatic rings. The summed E-state index contributed by atoms with van der Waals surface area (Å²) in [6.07, 6.45) is 8.62. The van der Waals surface area contributed by atoms with Crippen LogP contribution in [0.4, 0.5) is 14.5 Å².